The van der Waals surface area contributed by atoms with Crippen LogP contribution in [0, 0.1) is 0 Å². The summed E-state index contributed by atoms with van der Waals surface area (Å²) in [5, 5.41) is 34.9. The van der Waals surface area contributed by atoms with Gasteiger partial charge < -0.3 is 20.6 Å². The predicted molar refractivity (Wildman–Crippen MR) is 80.6 cm³/mol. The number of aromatic hydroxyl groups is 3. The molecule has 0 aliphatic heterocycles. The summed E-state index contributed by atoms with van der Waals surface area (Å²) >= 11 is 1.69. The molecule has 0 unspecified atom stereocenters. The van der Waals surface area contributed by atoms with Gasteiger partial charge in [0, 0.05) is 22.5 Å². The van der Waals surface area contributed by atoms with Gasteiger partial charge in [-0.05, 0) is 47.2 Å². The van der Waals surface area contributed by atoms with Crippen LogP contribution in [0.25, 0.3) is 10.1 Å². The molecule has 1 aromatic heterocycles. The number of phenols is 3. The zero-order valence-corrected chi connectivity index (χ0v) is 11.3. The van der Waals surface area contributed by atoms with Crippen molar-refractivity contribution in [2.45, 2.75) is 6.54 Å². The van der Waals surface area contributed by atoms with Crippen molar-refractivity contribution < 1.29 is 15.3 Å². The number of thiophene rings is 1. The fourth-order valence-electron chi connectivity index (χ4n) is 2.03. The lowest BCUT2D eigenvalue weighted by Crippen LogP contribution is -1.99. The van der Waals surface area contributed by atoms with Crippen LogP contribution in [0.5, 0.6) is 17.2 Å². The zero-order chi connectivity index (χ0) is 14.1. The first kappa shape index (κ1) is 12.6. The number of benzene rings is 2. The molecule has 0 saturated heterocycles. The van der Waals surface area contributed by atoms with E-state index in [1.807, 2.05) is 23.6 Å². The standard InChI is InChI=1S/C15H13NO3S/c17-12-3-1-10(14(18)15(12)19)8-16-11-2-4-13-9(7-11)5-6-20-13/h1-7,16-19H,8H2. The second-order valence-electron chi connectivity index (χ2n) is 4.47. The first-order valence-corrected chi connectivity index (χ1v) is 6.97. The van der Waals surface area contributed by atoms with Crippen LogP contribution < -0.4 is 5.32 Å². The summed E-state index contributed by atoms with van der Waals surface area (Å²) in [4.78, 5) is 0. The van der Waals surface area contributed by atoms with E-state index in [4.69, 9.17) is 0 Å². The molecule has 4 nitrogen and oxygen atoms in total. The summed E-state index contributed by atoms with van der Waals surface area (Å²) in [6.45, 7) is 0.356. The number of anilines is 1. The lowest BCUT2D eigenvalue weighted by atomic mass is 10.1. The maximum Gasteiger partial charge on any atom is 0.200 e. The van der Waals surface area contributed by atoms with Crippen molar-refractivity contribution in [2.24, 2.45) is 0 Å². The molecule has 0 saturated carbocycles. The molecule has 3 aromatic rings. The highest BCUT2D eigenvalue weighted by molar-refractivity contribution is 7.17. The molecule has 0 fully saturated rings. The van der Waals surface area contributed by atoms with Gasteiger partial charge in [-0.25, -0.2) is 0 Å². The van der Waals surface area contributed by atoms with Crippen LogP contribution in [0.2, 0.25) is 0 Å². The molecule has 1 heterocycles. The number of hydrogen-bond donors (Lipinski definition) is 4. The molecule has 102 valence electrons. The first-order valence-electron chi connectivity index (χ1n) is 6.09. The Balaban J connectivity index is 1.80. The third-order valence-electron chi connectivity index (χ3n) is 3.15. The van der Waals surface area contributed by atoms with E-state index < -0.39 is 5.75 Å². The highest BCUT2D eigenvalue weighted by Crippen LogP contribution is 2.37. The summed E-state index contributed by atoms with van der Waals surface area (Å²) < 4.78 is 1.22. The number of fused-ring (bicyclic) bond motifs is 1. The zero-order valence-electron chi connectivity index (χ0n) is 10.5. The van der Waals surface area contributed by atoms with Gasteiger partial charge in [-0.2, -0.15) is 0 Å². The van der Waals surface area contributed by atoms with Gasteiger partial charge in [0.2, 0.25) is 5.75 Å². The Morgan fingerprint density at radius 2 is 1.80 bits per heavy atom. The SMILES string of the molecule is Oc1ccc(CNc2ccc3sccc3c2)c(O)c1O. The third-order valence-corrected chi connectivity index (χ3v) is 4.05. The van der Waals surface area contributed by atoms with Crippen LogP contribution in [0.4, 0.5) is 5.69 Å². The monoisotopic (exact) mass is 287 g/mol. The highest BCUT2D eigenvalue weighted by atomic mass is 32.1. The van der Waals surface area contributed by atoms with Gasteiger partial charge >= 0.3 is 0 Å². The molecule has 0 aliphatic rings. The molecule has 20 heavy (non-hydrogen) atoms. The summed E-state index contributed by atoms with van der Waals surface area (Å²) in [5.74, 6) is -1.11. The number of phenolic OH excluding ortho intramolecular Hbond substituents is 3. The topological polar surface area (TPSA) is 72.7 Å². The summed E-state index contributed by atoms with van der Waals surface area (Å²) in [6, 6.07) is 11.0. The van der Waals surface area contributed by atoms with Crippen LogP contribution in [-0.4, -0.2) is 15.3 Å². The van der Waals surface area contributed by atoms with Gasteiger partial charge in [0.05, 0.1) is 0 Å². The number of hydrogen-bond acceptors (Lipinski definition) is 5. The van der Waals surface area contributed by atoms with Gasteiger partial charge in [0.15, 0.2) is 11.5 Å². The van der Waals surface area contributed by atoms with Crippen molar-refractivity contribution in [1.82, 2.24) is 0 Å². The lowest BCUT2D eigenvalue weighted by molar-refractivity contribution is 0.365. The Hall–Kier alpha value is -2.40. The Kier molecular flexibility index (Phi) is 3.12. The summed E-state index contributed by atoms with van der Waals surface area (Å²) in [5.41, 5.74) is 1.45. The summed E-state index contributed by atoms with van der Waals surface area (Å²) in [7, 11) is 0. The predicted octanol–water partition coefficient (Wildman–Crippen LogP) is 3.63. The van der Waals surface area contributed by atoms with Crippen molar-refractivity contribution in [3.63, 3.8) is 0 Å². The van der Waals surface area contributed by atoms with E-state index in [1.165, 1.54) is 10.8 Å². The van der Waals surface area contributed by atoms with Crippen molar-refractivity contribution in [3.8, 4) is 17.2 Å². The largest absolute Gasteiger partial charge is 0.504 e. The fourth-order valence-corrected chi connectivity index (χ4v) is 2.80. The minimum atomic E-state index is -0.488. The minimum absolute atomic E-state index is 0.297. The van der Waals surface area contributed by atoms with Crippen molar-refractivity contribution in [1.29, 1.82) is 0 Å². The Bertz CT molecular complexity index is 767. The van der Waals surface area contributed by atoms with E-state index in [0.717, 1.165) is 11.1 Å². The molecule has 2 aromatic carbocycles. The number of nitrogens with one attached hydrogen (secondary N) is 1. The van der Waals surface area contributed by atoms with Crippen LogP contribution in [-0.2, 0) is 6.54 Å². The quantitative estimate of drug-likeness (QED) is 0.555. The minimum Gasteiger partial charge on any atom is -0.504 e. The average Bonchev–Trinajstić information content (AvgIpc) is 2.91. The van der Waals surface area contributed by atoms with Crippen molar-refractivity contribution in [2.75, 3.05) is 5.32 Å². The average molecular weight is 287 g/mol. The van der Waals surface area contributed by atoms with Crippen LogP contribution in [0.15, 0.2) is 41.8 Å². The maximum atomic E-state index is 9.75. The second-order valence-corrected chi connectivity index (χ2v) is 5.42. The van der Waals surface area contributed by atoms with Gasteiger partial charge in [-0.3, -0.25) is 0 Å². The molecule has 5 heteroatoms. The summed E-state index contributed by atoms with van der Waals surface area (Å²) in [6.07, 6.45) is 0. The molecule has 0 amide bonds. The molecule has 4 N–H and O–H groups in total. The molecular formula is C15H13NO3S. The van der Waals surface area contributed by atoms with Gasteiger partial charge in [-0.15, -0.1) is 11.3 Å². The lowest BCUT2D eigenvalue weighted by Gasteiger charge is -2.10. The van der Waals surface area contributed by atoms with Crippen LogP contribution >= 0.6 is 11.3 Å². The van der Waals surface area contributed by atoms with Crippen LogP contribution in [0.3, 0.4) is 0 Å². The Labute approximate surface area is 119 Å². The van der Waals surface area contributed by atoms with E-state index in [9.17, 15) is 15.3 Å². The van der Waals surface area contributed by atoms with Gasteiger partial charge in [-0.1, -0.05) is 0 Å². The van der Waals surface area contributed by atoms with Crippen molar-refractivity contribution >= 4 is 27.1 Å². The highest BCUT2D eigenvalue weighted by Gasteiger charge is 2.10. The second kappa shape index (κ2) is 4.94. The molecule has 0 spiro atoms. The first-order chi connectivity index (χ1) is 9.65. The van der Waals surface area contributed by atoms with Crippen LogP contribution in [0.1, 0.15) is 5.56 Å². The van der Waals surface area contributed by atoms with E-state index in [0.29, 0.717) is 12.1 Å². The molecular weight excluding hydrogens is 274 g/mol. The van der Waals surface area contributed by atoms with Gasteiger partial charge in [0.1, 0.15) is 0 Å². The van der Waals surface area contributed by atoms with E-state index >= 15 is 0 Å². The number of rotatable bonds is 3. The Morgan fingerprint density at radius 1 is 0.950 bits per heavy atom. The van der Waals surface area contributed by atoms with E-state index in [-0.39, 0.29) is 11.5 Å². The molecule has 0 aliphatic carbocycles. The molecule has 3 rings (SSSR count). The van der Waals surface area contributed by atoms with E-state index in [1.54, 1.807) is 17.4 Å². The third kappa shape index (κ3) is 2.23. The smallest absolute Gasteiger partial charge is 0.200 e. The molecule has 0 bridgehead atoms. The normalized spacial score (nSPS) is 10.8. The maximum absolute atomic E-state index is 9.75. The fraction of sp³-hybridized carbons (Fsp3) is 0.0667. The molecule has 0 atom stereocenters. The Morgan fingerprint density at radius 3 is 2.65 bits per heavy atom. The molecule has 0 radical (unpaired) electrons. The van der Waals surface area contributed by atoms with E-state index in [2.05, 4.69) is 11.4 Å². The van der Waals surface area contributed by atoms with Crippen molar-refractivity contribution in [3.05, 3.63) is 47.3 Å². The van der Waals surface area contributed by atoms with Gasteiger partial charge in [0.25, 0.3) is 0 Å².